The Labute approximate surface area is 75.1 Å². The zero-order chi connectivity index (χ0) is 7.68. The zero-order valence-corrected chi connectivity index (χ0v) is 7.76. The van der Waals surface area contributed by atoms with Crippen LogP contribution >= 0.6 is 15.9 Å². The molecule has 1 aliphatic carbocycles. The lowest BCUT2D eigenvalue weighted by Crippen LogP contribution is -1.77. The van der Waals surface area contributed by atoms with E-state index in [0.29, 0.717) is 0 Å². The van der Waals surface area contributed by atoms with Gasteiger partial charge in [-0.3, -0.25) is 0 Å². The summed E-state index contributed by atoms with van der Waals surface area (Å²) < 4.78 is 0. The molecule has 0 aromatic heterocycles. The molecule has 0 N–H and O–H groups in total. The van der Waals surface area contributed by atoms with E-state index in [4.69, 9.17) is 0 Å². The van der Waals surface area contributed by atoms with Gasteiger partial charge in [-0.05, 0) is 23.1 Å². The Bertz CT molecular complexity index is 282. The second-order valence-electron chi connectivity index (χ2n) is 2.76. The maximum Gasteiger partial charge on any atom is 0.0283 e. The summed E-state index contributed by atoms with van der Waals surface area (Å²) >= 11 is 3.42. The normalized spacial score (nSPS) is 14.5. The molecule has 11 heavy (non-hydrogen) atoms. The van der Waals surface area contributed by atoms with Gasteiger partial charge in [0, 0.05) is 5.33 Å². The van der Waals surface area contributed by atoms with E-state index in [-0.39, 0.29) is 0 Å². The average molecular weight is 209 g/mol. The third-order valence-electron chi connectivity index (χ3n) is 1.89. The van der Waals surface area contributed by atoms with Gasteiger partial charge in [0.15, 0.2) is 0 Å². The number of rotatable bonds is 2. The summed E-state index contributed by atoms with van der Waals surface area (Å²) in [6.07, 6.45) is 3.44. The Balaban J connectivity index is 2.26. The first-order valence-electron chi connectivity index (χ1n) is 3.74. The van der Waals surface area contributed by atoms with Gasteiger partial charge < -0.3 is 0 Å². The molecule has 0 nitrogen and oxygen atoms in total. The molecule has 56 valence electrons. The number of hydrogen-bond acceptors (Lipinski definition) is 0. The topological polar surface area (TPSA) is 0 Å². The summed E-state index contributed by atoms with van der Waals surface area (Å²) in [6.45, 7) is 0. The first-order chi connectivity index (χ1) is 5.40. The van der Waals surface area contributed by atoms with Gasteiger partial charge in [-0.2, -0.15) is 0 Å². The van der Waals surface area contributed by atoms with Crippen LogP contribution in [0, 0.1) is 0 Å². The largest absolute Gasteiger partial charge is 0.0876 e. The Hall–Kier alpha value is -0.560. The van der Waals surface area contributed by atoms with E-state index in [1.807, 2.05) is 0 Å². The second-order valence-corrected chi connectivity index (χ2v) is 3.32. The fraction of sp³-hybridized carbons (Fsp3) is 0.200. The van der Waals surface area contributed by atoms with E-state index in [0.717, 1.165) is 5.33 Å². The molecular formula is C10H9Br. The van der Waals surface area contributed by atoms with Crippen LogP contribution in [0.1, 0.15) is 17.5 Å². The predicted molar refractivity (Wildman–Crippen MR) is 51.7 cm³/mol. The van der Waals surface area contributed by atoms with Gasteiger partial charge in [0.05, 0.1) is 0 Å². The smallest absolute Gasteiger partial charge is 0.0283 e. The number of halogens is 1. The van der Waals surface area contributed by atoms with Crippen molar-refractivity contribution in [3.8, 4) is 0 Å². The van der Waals surface area contributed by atoms with E-state index in [2.05, 4.69) is 46.3 Å². The van der Waals surface area contributed by atoms with Crippen molar-refractivity contribution < 1.29 is 0 Å². The summed E-state index contributed by atoms with van der Waals surface area (Å²) in [7, 11) is 0. The highest BCUT2D eigenvalue weighted by atomic mass is 79.9. The van der Waals surface area contributed by atoms with Gasteiger partial charge in [-0.15, -0.1) is 0 Å². The Morgan fingerprint density at radius 1 is 1.18 bits per heavy atom. The van der Waals surface area contributed by atoms with Crippen molar-refractivity contribution >= 4 is 21.5 Å². The molecule has 0 saturated carbocycles. The van der Waals surface area contributed by atoms with Gasteiger partial charge in [-0.1, -0.05) is 46.3 Å². The highest BCUT2D eigenvalue weighted by molar-refractivity contribution is 9.08. The van der Waals surface area contributed by atoms with Gasteiger partial charge in [-0.25, -0.2) is 0 Å². The molecule has 0 fully saturated rings. The van der Waals surface area contributed by atoms with Crippen LogP contribution in [0.25, 0.3) is 5.57 Å². The SMILES string of the molecule is BrCc1ccc(C2=CC2)cc1. The molecule has 0 atom stereocenters. The second kappa shape index (κ2) is 2.82. The van der Waals surface area contributed by atoms with Crippen LogP contribution < -0.4 is 0 Å². The van der Waals surface area contributed by atoms with Crippen molar-refractivity contribution in [1.29, 1.82) is 0 Å². The molecule has 0 spiro atoms. The lowest BCUT2D eigenvalue weighted by atomic mass is 10.1. The molecule has 1 heteroatoms. The first-order valence-corrected chi connectivity index (χ1v) is 4.86. The molecule has 2 rings (SSSR count). The third-order valence-corrected chi connectivity index (χ3v) is 2.53. The summed E-state index contributed by atoms with van der Waals surface area (Å²) in [6, 6.07) is 8.72. The van der Waals surface area contributed by atoms with E-state index in [1.165, 1.54) is 23.1 Å². The van der Waals surface area contributed by atoms with Crippen molar-refractivity contribution in [2.75, 3.05) is 0 Å². The van der Waals surface area contributed by atoms with Crippen molar-refractivity contribution in [2.24, 2.45) is 0 Å². The minimum absolute atomic E-state index is 0.951. The van der Waals surface area contributed by atoms with Gasteiger partial charge in [0.25, 0.3) is 0 Å². The van der Waals surface area contributed by atoms with Crippen molar-refractivity contribution in [3.05, 3.63) is 41.5 Å². The molecule has 0 amide bonds. The van der Waals surface area contributed by atoms with Gasteiger partial charge >= 0.3 is 0 Å². The van der Waals surface area contributed by atoms with Crippen molar-refractivity contribution in [1.82, 2.24) is 0 Å². The van der Waals surface area contributed by atoms with Crippen LogP contribution in [0.15, 0.2) is 30.3 Å². The van der Waals surface area contributed by atoms with Crippen LogP contribution in [0.2, 0.25) is 0 Å². The molecule has 1 aromatic carbocycles. The fourth-order valence-electron chi connectivity index (χ4n) is 1.09. The quantitative estimate of drug-likeness (QED) is 0.655. The summed E-state index contributed by atoms with van der Waals surface area (Å²) in [5.41, 5.74) is 4.22. The Morgan fingerprint density at radius 3 is 2.27 bits per heavy atom. The molecule has 1 aliphatic rings. The standard InChI is InChI=1S/C10H9Br/c11-7-8-1-3-9(4-2-8)10-5-6-10/h1-5H,6-7H2. The van der Waals surface area contributed by atoms with Crippen molar-refractivity contribution in [3.63, 3.8) is 0 Å². The maximum absolute atomic E-state index is 3.42. The van der Waals surface area contributed by atoms with Crippen LogP contribution in [0.5, 0.6) is 0 Å². The van der Waals surface area contributed by atoms with E-state index in [9.17, 15) is 0 Å². The molecule has 0 radical (unpaired) electrons. The highest BCUT2D eigenvalue weighted by Crippen LogP contribution is 2.30. The van der Waals surface area contributed by atoms with Crippen LogP contribution in [-0.2, 0) is 5.33 Å². The lowest BCUT2D eigenvalue weighted by molar-refractivity contribution is 1.42. The fourth-order valence-corrected chi connectivity index (χ4v) is 1.47. The molecular weight excluding hydrogens is 200 g/mol. The summed E-state index contributed by atoms with van der Waals surface area (Å²) in [5.74, 6) is 0. The van der Waals surface area contributed by atoms with E-state index in [1.54, 1.807) is 0 Å². The van der Waals surface area contributed by atoms with E-state index >= 15 is 0 Å². The van der Waals surface area contributed by atoms with E-state index < -0.39 is 0 Å². The molecule has 0 unspecified atom stereocenters. The first kappa shape index (κ1) is 7.11. The van der Waals surface area contributed by atoms with Gasteiger partial charge in [0.2, 0.25) is 0 Å². The van der Waals surface area contributed by atoms with Crippen LogP contribution in [0.4, 0.5) is 0 Å². The average Bonchev–Trinajstić information content (AvgIpc) is 2.87. The number of benzene rings is 1. The lowest BCUT2D eigenvalue weighted by Gasteiger charge is -1.96. The van der Waals surface area contributed by atoms with Gasteiger partial charge in [0.1, 0.15) is 0 Å². The molecule has 0 heterocycles. The minimum Gasteiger partial charge on any atom is -0.0876 e. The highest BCUT2D eigenvalue weighted by Gasteiger charge is 2.08. The minimum atomic E-state index is 0.951. The zero-order valence-electron chi connectivity index (χ0n) is 6.18. The summed E-state index contributed by atoms with van der Waals surface area (Å²) in [4.78, 5) is 0. The monoisotopic (exact) mass is 208 g/mol. The van der Waals surface area contributed by atoms with Crippen LogP contribution in [0.3, 0.4) is 0 Å². The molecule has 0 saturated heterocycles. The molecule has 0 aliphatic heterocycles. The molecule has 0 bridgehead atoms. The number of hydrogen-bond donors (Lipinski definition) is 0. The van der Waals surface area contributed by atoms with Crippen molar-refractivity contribution in [2.45, 2.75) is 11.8 Å². The summed E-state index contributed by atoms with van der Waals surface area (Å²) in [5, 5.41) is 0.951. The van der Waals surface area contributed by atoms with Crippen LogP contribution in [-0.4, -0.2) is 0 Å². The number of alkyl halides is 1. The third kappa shape index (κ3) is 1.54. The Morgan fingerprint density at radius 2 is 1.82 bits per heavy atom. The predicted octanol–water partition coefficient (Wildman–Crippen LogP) is 3.37. The maximum atomic E-state index is 3.42. The number of allylic oxidation sites excluding steroid dienone is 2. The Kier molecular flexibility index (Phi) is 1.82. The molecule has 1 aromatic rings.